The lowest BCUT2D eigenvalue weighted by Crippen LogP contribution is -2.44. The first-order valence-corrected chi connectivity index (χ1v) is 10.3. The molecule has 2 aromatic carbocycles. The molecule has 0 aliphatic carbocycles. The minimum atomic E-state index is -0.183. The van der Waals surface area contributed by atoms with Crippen LogP contribution in [0.5, 0.6) is 11.5 Å². The van der Waals surface area contributed by atoms with Crippen molar-refractivity contribution < 1.29 is 18.9 Å². The van der Waals surface area contributed by atoms with Crippen LogP contribution < -0.4 is 14.8 Å². The lowest BCUT2D eigenvalue weighted by molar-refractivity contribution is -0.192. The highest BCUT2D eigenvalue weighted by Crippen LogP contribution is 2.24. The molecule has 158 valence electrons. The molecule has 6 nitrogen and oxygen atoms in total. The summed E-state index contributed by atoms with van der Waals surface area (Å²) in [7, 11) is 3.36. The number of ether oxygens (including phenoxy) is 4. The molecular formula is C24H28N2O4. The number of aromatic nitrogens is 1. The number of aryl methyl sites for hydroxylation is 1. The molecule has 2 heterocycles. The maximum Gasteiger partial charge on any atom is 0.158 e. The Morgan fingerprint density at radius 1 is 0.967 bits per heavy atom. The number of rotatable bonds is 8. The molecule has 0 spiro atoms. The van der Waals surface area contributed by atoms with Crippen molar-refractivity contribution in [2.75, 3.05) is 27.4 Å². The molecule has 0 radical (unpaired) electrons. The average Bonchev–Trinajstić information content (AvgIpc) is 2.82. The molecule has 1 saturated heterocycles. The van der Waals surface area contributed by atoms with Crippen molar-refractivity contribution in [3.8, 4) is 11.5 Å². The third kappa shape index (κ3) is 5.08. The van der Waals surface area contributed by atoms with Crippen LogP contribution in [0.15, 0.2) is 54.7 Å². The van der Waals surface area contributed by atoms with Crippen LogP contribution >= 0.6 is 0 Å². The van der Waals surface area contributed by atoms with E-state index in [1.54, 1.807) is 14.2 Å². The molecule has 1 aliphatic rings. The lowest BCUT2D eigenvalue weighted by atomic mass is 10.0. The summed E-state index contributed by atoms with van der Waals surface area (Å²) in [5, 5.41) is 4.61. The second kappa shape index (κ2) is 9.89. The molecule has 1 fully saturated rings. The SMILES string of the molecule is COc1ccc(CNC2COC(CCc3ccnc4ccc(OC)cc34)OC2)cc1. The van der Waals surface area contributed by atoms with Crippen LogP contribution in [-0.2, 0) is 22.4 Å². The maximum absolute atomic E-state index is 5.95. The zero-order valence-corrected chi connectivity index (χ0v) is 17.5. The van der Waals surface area contributed by atoms with Gasteiger partial charge in [-0.25, -0.2) is 0 Å². The zero-order chi connectivity index (χ0) is 20.8. The smallest absolute Gasteiger partial charge is 0.158 e. The molecule has 3 aromatic rings. The van der Waals surface area contributed by atoms with Gasteiger partial charge in [-0.15, -0.1) is 0 Å². The van der Waals surface area contributed by atoms with Crippen molar-refractivity contribution in [1.29, 1.82) is 0 Å². The average molecular weight is 408 g/mol. The number of benzene rings is 2. The van der Waals surface area contributed by atoms with Crippen LogP contribution in [-0.4, -0.2) is 44.7 Å². The fourth-order valence-corrected chi connectivity index (χ4v) is 3.63. The standard InChI is InChI=1S/C24H28N2O4/c1-27-20-6-3-17(4-7-20)14-26-19-15-29-24(30-16-19)10-5-18-11-12-25-23-9-8-21(28-2)13-22(18)23/h3-4,6-9,11-13,19,24,26H,5,10,14-16H2,1-2H3. The Bertz CT molecular complexity index is 953. The molecule has 0 bridgehead atoms. The maximum atomic E-state index is 5.95. The minimum absolute atomic E-state index is 0.183. The van der Waals surface area contributed by atoms with Crippen LogP contribution in [0.2, 0.25) is 0 Å². The van der Waals surface area contributed by atoms with Gasteiger partial charge in [0.05, 0.1) is 39.0 Å². The van der Waals surface area contributed by atoms with Crippen molar-refractivity contribution in [3.05, 3.63) is 65.9 Å². The summed E-state index contributed by atoms with van der Waals surface area (Å²) in [5.41, 5.74) is 3.41. The largest absolute Gasteiger partial charge is 0.497 e. The number of pyridine rings is 1. The first-order valence-electron chi connectivity index (χ1n) is 10.3. The van der Waals surface area contributed by atoms with Crippen LogP contribution in [0, 0.1) is 0 Å². The van der Waals surface area contributed by atoms with E-state index in [4.69, 9.17) is 18.9 Å². The molecule has 0 unspecified atom stereocenters. The quantitative estimate of drug-likeness (QED) is 0.613. The summed E-state index contributed by atoms with van der Waals surface area (Å²) in [4.78, 5) is 4.44. The van der Waals surface area contributed by atoms with Gasteiger partial charge < -0.3 is 24.3 Å². The molecule has 0 saturated carbocycles. The molecule has 0 atom stereocenters. The Kier molecular flexibility index (Phi) is 6.79. The van der Waals surface area contributed by atoms with E-state index in [1.165, 1.54) is 11.1 Å². The molecule has 1 N–H and O–H groups in total. The topological polar surface area (TPSA) is 61.8 Å². The second-order valence-corrected chi connectivity index (χ2v) is 7.41. The number of nitrogens with zero attached hydrogens (tertiary/aromatic N) is 1. The number of nitrogens with one attached hydrogen (secondary N) is 1. The van der Waals surface area contributed by atoms with Crippen LogP contribution in [0.1, 0.15) is 17.5 Å². The van der Waals surface area contributed by atoms with Gasteiger partial charge in [0.1, 0.15) is 11.5 Å². The van der Waals surface area contributed by atoms with E-state index in [2.05, 4.69) is 28.5 Å². The fraction of sp³-hybridized carbons (Fsp3) is 0.375. The molecule has 6 heteroatoms. The first kappa shape index (κ1) is 20.6. The van der Waals surface area contributed by atoms with Crippen LogP contribution in [0.25, 0.3) is 10.9 Å². The van der Waals surface area contributed by atoms with E-state index in [1.807, 2.05) is 36.5 Å². The van der Waals surface area contributed by atoms with Crippen molar-refractivity contribution >= 4 is 10.9 Å². The Hall–Kier alpha value is -2.67. The highest BCUT2D eigenvalue weighted by atomic mass is 16.7. The van der Waals surface area contributed by atoms with Crippen molar-refractivity contribution in [1.82, 2.24) is 10.3 Å². The van der Waals surface area contributed by atoms with Crippen LogP contribution in [0.3, 0.4) is 0 Å². The Morgan fingerprint density at radius 3 is 2.43 bits per heavy atom. The van der Waals surface area contributed by atoms with Gasteiger partial charge in [-0.1, -0.05) is 12.1 Å². The van der Waals surface area contributed by atoms with Crippen molar-refractivity contribution in [2.45, 2.75) is 31.7 Å². The third-order valence-corrected chi connectivity index (χ3v) is 5.41. The van der Waals surface area contributed by atoms with E-state index in [0.717, 1.165) is 41.8 Å². The van der Waals surface area contributed by atoms with Crippen molar-refractivity contribution in [3.63, 3.8) is 0 Å². The molecule has 4 rings (SSSR count). The lowest BCUT2D eigenvalue weighted by Gasteiger charge is -2.30. The summed E-state index contributed by atoms with van der Waals surface area (Å²) in [6, 6.07) is 16.3. The molecule has 1 aromatic heterocycles. The zero-order valence-electron chi connectivity index (χ0n) is 17.5. The highest BCUT2D eigenvalue weighted by Gasteiger charge is 2.22. The summed E-state index contributed by atoms with van der Waals surface area (Å²) in [6.07, 6.45) is 3.34. The third-order valence-electron chi connectivity index (χ3n) is 5.41. The number of fused-ring (bicyclic) bond motifs is 1. The predicted molar refractivity (Wildman–Crippen MR) is 116 cm³/mol. The van der Waals surface area contributed by atoms with Gasteiger partial charge in [-0.2, -0.15) is 0 Å². The van der Waals surface area contributed by atoms with E-state index in [9.17, 15) is 0 Å². The summed E-state index contributed by atoms with van der Waals surface area (Å²) < 4.78 is 22.5. The minimum Gasteiger partial charge on any atom is -0.497 e. The number of hydrogen-bond donors (Lipinski definition) is 1. The van der Waals surface area contributed by atoms with Gasteiger partial charge in [-0.3, -0.25) is 4.98 Å². The monoisotopic (exact) mass is 408 g/mol. The van der Waals surface area contributed by atoms with Gasteiger partial charge in [0.15, 0.2) is 6.29 Å². The molecular weight excluding hydrogens is 380 g/mol. The van der Waals surface area contributed by atoms with E-state index in [-0.39, 0.29) is 12.3 Å². The molecule has 0 amide bonds. The molecule has 30 heavy (non-hydrogen) atoms. The summed E-state index contributed by atoms with van der Waals surface area (Å²) >= 11 is 0. The van der Waals surface area contributed by atoms with Gasteiger partial charge in [0, 0.05) is 24.5 Å². The predicted octanol–water partition coefficient (Wildman–Crippen LogP) is 3.72. The number of methoxy groups -OCH3 is 2. The van der Waals surface area contributed by atoms with Gasteiger partial charge in [-0.05, 0) is 53.9 Å². The van der Waals surface area contributed by atoms with Crippen molar-refractivity contribution in [2.24, 2.45) is 0 Å². The first-order chi connectivity index (χ1) is 14.7. The summed E-state index contributed by atoms with van der Waals surface area (Å²) in [6.45, 7) is 2.06. The second-order valence-electron chi connectivity index (χ2n) is 7.41. The summed E-state index contributed by atoms with van der Waals surface area (Å²) in [5.74, 6) is 1.71. The normalized spacial score (nSPS) is 19.0. The Labute approximate surface area is 177 Å². The van der Waals surface area contributed by atoms with E-state index < -0.39 is 0 Å². The van der Waals surface area contributed by atoms with Crippen LogP contribution in [0.4, 0.5) is 0 Å². The Balaban J connectivity index is 1.25. The van der Waals surface area contributed by atoms with Gasteiger partial charge in [0.25, 0.3) is 0 Å². The van der Waals surface area contributed by atoms with Gasteiger partial charge >= 0.3 is 0 Å². The fourth-order valence-electron chi connectivity index (χ4n) is 3.63. The van der Waals surface area contributed by atoms with Gasteiger partial charge in [0.2, 0.25) is 0 Å². The molecule has 1 aliphatic heterocycles. The Morgan fingerprint density at radius 2 is 1.70 bits per heavy atom. The highest BCUT2D eigenvalue weighted by molar-refractivity contribution is 5.83. The number of hydrogen-bond acceptors (Lipinski definition) is 6. The van der Waals surface area contributed by atoms with E-state index in [0.29, 0.717) is 13.2 Å². The van der Waals surface area contributed by atoms with E-state index >= 15 is 0 Å².